The van der Waals surface area contributed by atoms with Gasteiger partial charge < -0.3 is 10.3 Å². The number of rotatable bonds is 4. The summed E-state index contributed by atoms with van der Waals surface area (Å²) < 4.78 is 65.5. The Hall–Kier alpha value is -3.37. The largest absolute Gasteiger partial charge is 0.402 e. The first kappa shape index (κ1) is 22.4. The maximum absolute atomic E-state index is 12.8. The van der Waals surface area contributed by atoms with Crippen LogP contribution in [0, 0.1) is 17.2 Å². The number of sulfonamides is 1. The summed E-state index contributed by atoms with van der Waals surface area (Å²) in [5, 5.41) is 17.4. The Morgan fingerprint density at radius 1 is 1.26 bits per heavy atom. The number of nitrogens with one attached hydrogen (secondary N) is 2. The van der Waals surface area contributed by atoms with Gasteiger partial charge in [0.15, 0.2) is 5.82 Å². The normalized spacial score (nSPS) is 22.1. The number of pyridine rings is 1. The molecule has 9 nitrogen and oxygen atoms in total. The van der Waals surface area contributed by atoms with Crippen LogP contribution in [0.4, 0.5) is 24.7 Å². The molecule has 2 aromatic heterocycles. The third kappa shape index (κ3) is 3.72. The smallest absolute Gasteiger partial charge is 0.338 e. The van der Waals surface area contributed by atoms with Gasteiger partial charge in [-0.1, -0.05) is 0 Å². The van der Waals surface area contributed by atoms with E-state index in [2.05, 4.69) is 21.5 Å². The quantitative estimate of drug-likeness (QED) is 0.575. The van der Waals surface area contributed by atoms with Crippen molar-refractivity contribution in [1.82, 2.24) is 19.1 Å². The Morgan fingerprint density at radius 2 is 2.06 bits per heavy atom. The molecular formula is C21H19F3N6O3S. The number of benzene rings is 1. The van der Waals surface area contributed by atoms with Crippen LogP contribution in [0.2, 0.25) is 0 Å². The highest BCUT2D eigenvalue weighted by atomic mass is 32.2. The number of fused-ring (bicyclic) bond motifs is 2. The van der Waals surface area contributed by atoms with Crippen LogP contribution in [-0.4, -0.2) is 40.2 Å². The summed E-state index contributed by atoms with van der Waals surface area (Å²) in [7, 11) is -4.25. The summed E-state index contributed by atoms with van der Waals surface area (Å²) in [5.41, 5.74) is 0.754. The van der Waals surface area contributed by atoms with E-state index in [4.69, 9.17) is 0 Å². The molecule has 2 atom stereocenters. The van der Waals surface area contributed by atoms with Crippen molar-refractivity contribution in [1.29, 1.82) is 5.26 Å². The van der Waals surface area contributed by atoms with E-state index in [1.807, 2.05) is 0 Å². The molecule has 34 heavy (non-hydrogen) atoms. The summed E-state index contributed by atoms with van der Waals surface area (Å²) in [6.45, 7) is -1.98. The van der Waals surface area contributed by atoms with Crippen molar-refractivity contribution in [3.8, 4) is 6.07 Å². The van der Waals surface area contributed by atoms with Crippen LogP contribution in [0.1, 0.15) is 30.9 Å². The molecule has 3 aromatic rings. The number of anilines is 2. The second-order valence-corrected chi connectivity index (χ2v) is 10.3. The molecule has 5 rings (SSSR count). The van der Waals surface area contributed by atoms with E-state index in [0.29, 0.717) is 15.5 Å². The molecule has 1 saturated carbocycles. The predicted octanol–water partition coefficient (Wildman–Crippen LogP) is 3.40. The van der Waals surface area contributed by atoms with Gasteiger partial charge in [0.25, 0.3) is 5.56 Å². The lowest BCUT2D eigenvalue weighted by molar-refractivity contribution is -0.136. The van der Waals surface area contributed by atoms with E-state index in [0.717, 1.165) is 19.3 Å². The number of nitriles is 1. The van der Waals surface area contributed by atoms with Gasteiger partial charge in [0.05, 0.1) is 28.4 Å². The number of aromatic amines is 1. The van der Waals surface area contributed by atoms with Crippen molar-refractivity contribution in [2.24, 2.45) is 5.92 Å². The van der Waals surface area contributed by atoms with Gasteiger partial charge in [-0.3, -0.25) is 9.48 Å². The molecule has 1 aromatic carbocycles. The second kappa shape index (κ2) is 7.85. The average molecular weight is 492 g/mol. The fourth-order valence-electron chi connectivity index (χ4n) is 4.75. The molecule has 2 N–H and O–H groups in total. The molecule has 0 amide bonds. The minimum absolute atomic E-state index is 0.182. The molecule has 1 aliphatic heterocycles. The Kier molecular flexibility index (Phi) is 5.18. The summed E-state index contributed by atoms with van der Waals surface area (Å²) in [6.07, 6.45) is -0.817. The topological polar surface area (TPSA) is 124 Å². The van der Waals surface area contributed by atoms with Gasteiger partial charge in [0.2, 0.25) is 10.0 Å². The molecule has 178 valence electrons. The number of hydrogen-bond acceptors (Lipinski definition) is 6. The molecule has 2 aliphatic rings. The molecule has 0 unspecified atom stereocenters. The van der Waals surface area contributed by atoms with Crippen molar-refractivity contribution >= 4 is 32.4 Å². The van der Waals surface area contributed by atoms with Crippen molar-refractivity contribution < 1.29 is 21.6 Å². The standard InChI is InChI=1S/C21H19F3N6O3S/c22-21(23,24)11-29-10-13-8-14(4-5-17(13)34(29,32)33)27-19-18-16(6-7-26-20(18)31)30(28-19)15-3-1-2-12(15)9-25/h4-8,12,15H,1-3,10-11H2,(H,26,31)(H,27,28)/t12-,15+/m1/s1. The lowest BCUT2D eigenvalue weighted by Crippen LogP contribution is -2.34. The minimum Gasteiger partial charge on any atom is -0.338 e. The number of nitrogens with zero attached hydrogens (tertiary/aromatic N) is 4. The van der Waals surface area contributed by atoms with E-state index >= 15 is 0 Å². The number of halogens is 3. The van der Waals surface area contributed by atoms with Gasteiger partial charge in [-0.05, 0) is 49.1 Å². The minimum atomic E-state index is -4.66. The Labute approximate surface area is 191 Å². The van der Waals surface area contributed by atoms with Crippen LogP contribution in [-0.2, 0) is 16.6 Å². The lowest BCUT2D eigenvalue weighted by Gasteiger charge is -2.16. The van der Waals surface area contributed by atoms with Gasteiger partial charge in [-0.15, -0.1) is 0 Å². The lowest BCUT2D eigenvalue weighted by atomic mass is 10.1. The molecule has 0 bridgehead atoms. The average Bonchev–Trinajstić information content (AvgIpc) is 3.43. The van der Waals surface area contributed by atoms with Crippen molar-refractivity contribution in [3.63, 3.8) is 0 Å². The zero-order valence-electron chi connectivity index (χ0n) is 17.6. The number of alkyl halides is 3. The zero-order chi connectivity index (χ0) is 24.3. The molecule has 3 heterocycles. The Balaban J connectivity index is 1.52. The van der Waals surface area contributed by atoms with E-state index in [9.17, 15) is 31.6 Å². The van der Waals surface area contributed by atoms with E-state index in [1.54, 1.807) is 10.7 Å². The molecule has 1 aliphatic carbocycles. The zero-order valence-corrected chi connectivity index (χ0v) is 18.4. The van der Waals surface area contributed by atoms with E-state index in [-0.39, 0.29) is 33.6 Å². The summed E-state index contributed by atoms with van der Waals surface area (Å²) in [4.78, 5) is 15.0. The SMILES string of the molecule is N#C[C@H]1CCC[C@@H]1n1nc(Nc2ccc3c(c2)CN(CC(F)(F)F)S3(=O)=O)c2c(=O)[nH]ccc21. The van der Waals surface area contributed by atoms with Crippen LogP contribution in [0.3, 0.4) is 0 Å². The van der Waals surface area contributed by atoms with Crippen LogP contribution in [0.15, 0.2) is 40.2 Å². The highest BCUT2D eigenvalue weighted by Crippen LogP contribution is 2.39. The first-order valence-corrected chi connectivity index (χ1v) is 12.0. The van der Waals surface area contributed by atoms with Crippen LogP contribution < -0.4 is 10.9 Å². The molecule has 0 radical (unpaired) electrons. The molecular weight excluding hydrogens is 473 g/mol. The molecule has 0 saturated heterocycles. The summed E-state index contributed by atoms with van der Waals surface area (Å²) in [5.74, 6) is -0.0200. The van der Waals surface area contributed by atoms with Gasteiger partial charge in [0.1, 0.15) is 11.9 Å². The monoisotopic (exact) mass is 492 g/mol. The fourth-order valence-corrected chi connectivity index (χ4v) is 6.35. The van der Waals surface area contributed by atoms with Crippen LogP contribution in [0.25, 0.3) is 10.9 Å². The first-order valence-electron chi connectivity index (χ1n) is 10.5. The highest BCUT2D eigenvalue weighted by molar-refractivity contribution is 7.89. The van der Waals surface area contributed by atoms with Gasteiger partial charge in [-0.25, -0.2) is 8.42 Å². The van der Waals surface area contributed by atoms with Crippen LogP contribution in [0.5, 0.6) is 0 Å². The first-order chi connectivity index (χ1) is 16.1. The number of hydrogen-bond donors (Lipinski definition) is 2. The summed E-state index contributed by atoms with van der Waals surface area (Å²) in [6, 6.07) is 7.92. The van der Waals surface area contributed by atoms with Crippen LogP contribution >= 0.6 is 0 Å². The van der Waals surface area contributed by atoms with Gasteiger partial charge in [-0.2, -0.15) is 27.8 Å². The van der Waals surface area contributed by atoms with E-state index in [1.165, 1.54) is 24.4 Å². The highest BCUT2D eigenvalue weighted by Gasteiger charge is 2.42. The van der Waals surface area contributed by atoms with Gasteiger partial charge in [0, 0.05) is 18.4 Å². The second-order valence-electron chi connectivity index (χ2n) is 8.43. The third-order valence-corrected chi connectivity index (χ3v) is 8.13. The van der Waals surface area contributed by atoms with Crippen molar-refractivity contribution in [2.45, 2.75) is 42.9 Å². The summed E-state index contributed by atoms with van der Waals surface area (Å²) >= 11 is 0. The molecule has 1 fully saturated rings. The predicted molar refractivity (Wildman–Crippen MR) is 116 cm³/mol. The Bertz CT molecular complexity index is 1490. The number of H-pyrrole nitrogens is 1. The Morgan fingerprint density at radius 3 is 2.79 bits per heavy atom. The maximum atomic E-state index is 12.8. The van der Waals surface area contributed by atoms with Crippen molar-refractivity contribution in [3.05, 3.63) is 46.4 Å². The molecule has 0 spiro atoms. The van der Waals surface area contributed by atoms with Gasteiger partial charge >= 0.3 is 6.18 Å². The van der Waals surface area contributed by atoms with E-state index < -0.39 is 34.8 Å². The van der Waals surface area contributed by atoms with Crippen molar-refractivity contribution in [2.75, 3.05) is 11.9 Å². The fraction of sp³-hybridized carbons (Fsp3) is 0.381. The maximum Gasteiger partial charge on any atom is 0.402 e. The molecule has 13 heteroatoms. The third-order valence-electron chi connectivity index (χ3n) is 6.23. The number of aromatic nitrogens is 3.